The van der Waals surface area contributed by atoms with Crippen LogP contribution >= 0.6 is 0 Å². The van der Waals surface area contributed by atoms with Crippen molar-refractivity contribution in [2.45, 2.75) is 96.5 Å². The number of allylic oxidation sites excluding steroid dienone is 1. The van der Waals surface area contributed by atoms with E-state index in [9.17, 15) is 9.90 Å². The van der Waals surface area contributed by atoms with Crippen LogP contribution in [-0.4, -0.2) is 17.5 Å². The highest BCUT2D eigenvalue weighted by molar-refractivity contribution is 5.48. The Hall–Kier alpha value is -0.630. The molecule has 20 heavy (non-hydrogen) atoms. The first-order valence-corrected chi connectivity index (χ1v) is 8.58. The van der Waals surface area contributed by atoms with Crippen molar-refractivity contribution in [2.75, 3.05) is 0 Å². The van der Waals surface area contributed by atoms with Crippen molar-refractivity contribution in [1.29, 1.82) is 0 Å². The molecular formula is C18H34O2. The van der Waals surface area contributed by atoms with Crippen molar-refractivity contribution in [3.8, 4) is 0 Å². The normalized spacial score (nSPS) is 12.9. The first kappa shape index (κ1) is 19.4. The largest absolute Gasteiger partial charge is 0.393 e. The minimum atomic E-state index is -0.147. The SMILES string of the molecule is CCCCCCC(O)C/C=C\CCCCCCCC=O. The molecule has 0 aliphatic rings. The summed E-state index contributed by atoms with van der Waals surface area (Å²) in [6, 6.07) is 0. The van der Waals surface area contributed by atoms with E-state index in [0.29, 0.717) is 0 Å². The van der Waals surface area contributed by atoms with Gasteiger partial charge in [-0.1, -0.05) is 64.0 Å². The first-order chi connectivity index (χ1) is 9.81. The first-order valence-electron chi connectivity index (χ1n) is 8.58. The minimum Gasteiger partial charge on any atom is -0.393 e. The third-order valence-corrected chi connectivity index (χ3v) is 3.66. The minimum absolute atomic E-state index is 0.147. The highest BCUT2D eigenvalue weighted by Gasteiger charge is 2.00. The van der Waals surface area contributed by atoms with Gasteiger partial charge in [0.2, 0.25) is 0 Å². The molecule has 1 atom stereocenters. The fraction of sp³-hybridized carbons (Fsp3) is 0.833. The van der Waals surface area contributed by atoms with E-state index in [4.69, 9.17) is 0 Å². The molecule has 0 fully saturated rings. The molecule has 1 unspecified atom stereocenters. The summed E-state index contributed by atoms with van der Waals surface area (Å²) in [5, 5.41) is 9.79. The smallest absolute Gasteiger partial charge is 0.119 e. The van der Waals surface area contributed by atoms with Gasteiger partial charge in [-0.25, -0.2) is 0 Å². The summed E-state index contributed by atoms with van der Waals surface area (Å²) in [6.07, 6.45) is 19.7. The number of aliphatic hydroxyl groups excluding tert-OH is 1. The molecule has 0 amide bonds. The second kappa shape index (κ2) is 16.4. The maximum atomic E-state index is 10.1. The molecule has 0 aromatic carbocycles. The van der Waals surface area contributed by atoms with Crippen LogP contribution < -0.4 is 0 Å². The summed E-state index contributed by atoms with van der Waals surface area (Å²) in [4.78, 5) is 10.1. The molecule has 2 nitrogen and oxygen atoms in total. The zero-order valence-electron chi connectivity index (χ0n) is 13.4. The van der Waals surface area contributed by atoms with Gasteiger partial charge in [0.25, 0.3) is 0 Å². The Morgan fingerprint density at radius 2 is 1.50 bits per heavy atom. The Kier molecular flexibility index (Phi) is 15.9. The van der Waals surface area contributed by atoms with Crippen molar-refractivity contribution in [3.63, 3.8) is 0 Å². The third-order valence-electron chi connectivity index (χ3n) is 3.66. The number of carbonyl (C=O) groups excluding carboxylic acids is 1. The number of hydrogen-bond acceptors (Lipinski definition) is 2. The van der Waals surface area contributed by atoms with Crippen LogP contribution in [0.15, 0.2) is 12.2 Å². The monoisotopic (exact) mass is 282 g/mol. The van der Waals surface area contributed by atoms with Gasteiger partial charge in [-0.3, -0.25) is 0 Å². The lowest BCUT2D eigenvalue weighted by molar-refractivity contribution is -0.107. The van der Waals surface area contributed by atoms with Crippen LogP contribution in [0.2, 0.25) is 0 Å². The topological polar surface area (TPSA) is 37.3 Å². The van der Waals surface area contributed by atoms with Crippen molar-refractivity contribution >= 4 is 6.29 Å². The van der Waals surface area contributed by atoms with Gasteiger partial charge in [0, 0.05) is 6.42 Å². The van der Waals surface area contributed by atoms with E-state index < -0.39 is 0 Å². The quantitative estimate of drug-likeness (QED) is 0.255. The Bertz CT molecular complexity index is 223. The molecule has 0 rings (SSSR count). The van der Waals surface area contributed by atoms with Crippen LogP contribution in [0.25, 0.3) is 0 Å². The van der Waals surface area contributed by atoms with Gasteiger partial charge >= 0.3 is 0 Å². The summed E-state index contributed by atoms with van der Waals surface area (Å²) in [5.74, 6) is 0. The van der Waals surface area contributed by atoms with Crippen LogP contribution in [-0.2, 0) is 4.79 Å². The van der Waals surface area contributed by atoms with Gasteiger partial charge < -0.3 is 9.90 Å². The van der Waals surface area contributed by atoms with Crippen molar-refractivity contribution in [2.24, 2.45) is 0 Å². The number of rotatable bonds is 15. The average molecular weight is 282 g/mol. The zero-order valence-corrected chi connectivity index (χ0v) is 13.4. The summed E-state index contributed by atoms with van der Waals surface area (Å²) in [7, 11) is 0. The molecule has 0 aliphatic carbocycles. The second-order valence-corrected chi connectivity index (χ2v) is 5.72. The highest BCUT2D eigenvalue weighted by atomic mass is 16.3. The molecule has 0 spiro atoms. The molecule has 0 saturated carbocycles. The van der Waals surface area contributed by atoms with Crippen LogP contribution in [0.5, 0.6) is 0 Å². The Labute approximate surface area is 125 Å². The van der Waals surface area contributed by atoms with E-state index in [1.54, 1.807) is 0 Å². The molecule has 1 N–H and O–H groups in total. The lowest BCUT2D eigenvalue weighted by Gasteiger charge is -2.07. The van der Waals surface area contributed by atoms with Gasteiger partial charge in [0.05, 0.1) is 6.10 Å². The van der Waals surface area contributed by atoms with Crippen LogP contribution in [0.4, 0.5) is 0 Å². The van der Waals surface area contributed by atoms with Crippen molar-refractivity contribution < 1.29 is 9.90 Å². The number of carbonyl (C=O) groups is 1. The maximum Gasteiger partial charge on any atom is 0.119 e. The Morgan fingerprint density at radius 3 is 2.20 bits per heavy atom. The van der Waals surface area contributed by atoms with Gasteiger partial charge in [-0.15, -0.1) is 0 Å². The van der Waals surface area contributed by atoms with E-state index >= 15 is 0 Å². The summed E-state index contributed by atoms with van der Waals surface area (Å²) in [5.41, 5.74) is 0. The predicted octanol–water partition coefficient (Wildman–Crippen LogP) is 5.19. The molecule has 0 aromatic rings. The zero-order chi connectivity index (χ0) is 14.9. The molecule has 0 bridgehead atoms. The number of hydrogen-bond donors (Lipinski definition) is 1. The van der Waals surface area contributed by atoms with E-state index in [1.807, 2.05) is 0 Å². The van der Waals surface area contributed by atoms with Crippen LogP contribution in [0.1, 0.15) is 90.4 Å². The molecule has 0 aliphatic heterocycles. The highest BCUT2D eigenvalue weighted by Crippen LogP contribution is 2.10. The number of aliphatic hydroxyl groups is 1. The van der Waals surface area contributed by atoms with Gasteiger partial charge in [0.15, 0.2) is 0 Å². The van der Waals surface area contributed by atoms with Crippen LogP contribution in [0.3, 0.4) is 0 Å². The standard InChI is InChI=1S/C18H34O2/c1-2-3-4-12-15-18(20)16-13-10-8-6-5-7-9-11-14-17-19/h10,13,17-18,20H,2-9,11-12,14-16H2,1H3/b13-10-. The van der Waals surface area contributed by atoms with E-state index in [2.05, 4.69) is 19.1 Å². The lowest BCUT2D eigenvalue weighted by Crippen LogP contribution is -2.04. The summed E-state index contributed by atoms with van der Waals surface area (Å²) < 4.78 is 0. The number of aldehydes is 1. The molecule has 0 heterocycles. The molecule has 0 saturated heterocycles. The van der Waals surface area contributed by atoms with Gasteiger partial charge in [0.1, 0.15) is 6.29 Å². The van der Waals surface area contributed by atoms with E-state index in [-0.39, 0.29) is 6.10 Å². The maximum absolute atomic E-state index is 10.1. The molecule has 2 heteroatoms. The third kappa shape index (κ3) is 15.4. The van der Waals surface area contributed by atoms with Gasteiger partial charge in [-0.2, -0.15) is 0 Å². The molecule has 0 radical (unpaired) electrons. The van der Waals surface area contributed by atoms with Crippen LogP contribution in [0, 0.1) is 0 Å². The summed E-state index contributed by atoms with van der Waals surface area (Å²) in [6.45, 7) is 2.21. The van der Waals surface area contributed by atoms with Crippen molar-refractivity contribution in [3.05, 3.63) is 12.2 Å². The Morgan fingerprint density at radius 1 is 0.850 bits per heavy atom. The fourth-order valence-electron chi connectivity index (χ4n) is 2.32. The van der Waals surface area contributed by atoms with E-state index in [0.717, 1.165) is 44.8 Å². The average Bonchev–Trinajstić information content (AvgIpc) is 2.45. The van der Waals surface area contributed by atoms with E-state index in [1.165, 1.54) is 44.9 Å². The molecule has 118 valence electrons. The number of unbranched alkanes of at least 4 members (excludes halogenated alkanes) is 9. The van der Waals surface area contributed by atoms with Gasteiger partial charge in [-0.05, 0) is 32.1 Å². The summed E-state index contributed by atoms with van der Waals surface area (Å²) >= 11 is 0. The predicted molar refractivity (Wildman–Crippen MR) is 86.9 cm³/mol. The fourth-order valence-corrected chi connectivity index (χ4v) is 2.32. The Balaban J connectivity index is 3.23. The second-order valence-electron chi connectivity index (χ2n) is 5.72. The molecule has 0 aromatic heterocycles. The van der Waals surface area contributed by atoms with Crippen molar-refractivity contribution in [1.82, 2.24) is 0 Å². The lowest BCUT2D eigenvalue weighted by atomic mass is 10.1. The molecular weight excluding hydrogens is 248 g/mol.